The largest absolute Gasteiger partial charge is 0.497 e. The Hall–Kier alpha value is -3.35. The van der Waals surface area contributed by atoms with Gasteiger partial charge in [0.2, 0.25) is 17.6 Å². The van der Waals surface area contributed by atoms with E-state index in [0.717, 1.165) is 28.2 Å². The van der Waals surface area contributed by atoms with Crippen molar-refractivity contribution in [2.45, 2.75) is 25.8 Å². The van der Waals surface area contributed by atoms with Crippen LogP contribution in [-0.2, 0) is 11.3 Å². The third-order valence-electron chi connectivity index (χ3n) is 5.24. The summed E-state index contributed by atoms with van der Waals surface area (Å²) in [6, 6.07) is 13.5. The average Bonchev–Trinajstić information content (AvgIpc) is 3.35. The van der Waals surface area contributed by atoms with Gasteiger partial charge in [-0.1, -0.05) is 29.4 Å². The summed E-state index contributed by atoms with van der Waals surface area (Å²) in [5.74, 6) is 2.43. The fourth-order valence-electron chi connectivity index (χ4n) is 3.64. The van der Waals surface area contributed by atoms with Crippen molar-refractivity contribution in [2.24, 2.45) is 0 Å². The number of likely N-dealkylation sites (tertiary alicyclic amines) is 1. The van der Waals surface area contributed by atoms with Crippen LogP contribution in [0.15, 0.2) is 47.0 Å². The first kappa shape index (κ1) is 19.0. The zero-order chi connectivity index (χ0) is 20.4. The van der Waals surface area contributed by atoms with E-state index in [-0.39, 0.29) is 11.8 Å². The molecule has 0 bridgehead atoms. The molecule has 150 valence electrons. The molecule has 0 spiro atoms. The van der Waals surface area contributed by atoms with Crippen molar-refractivity contribution in [2.75, 3.05) is 20.8 Å². The summed E-state index contributed by atoms with van der Waals surface area (Å²) in [4.78, 5) is 19.0. The van der Waals surface area contributed by atoms with Crippen molar-refractivity contribution < 1.29 is 18.8 Å². The van der Waals surface area contributed by atoms with Gasteiger partial charge < -0.3 is 18.9 Å². The van der Waals surface area contributed by atoms with Gasteiger partial charge in [0.05, 0.1) is 20.1 Å². The highest BCUT2D eigenvalue weighted by Crippen LogP contribution is 2.32. The smallest absolute Gasteiger partial charge is 0.232 e. The number of ether oxygens (including phenoxy) is 2. The first-order chi connectivity index (χ1) is 14.1. The number of aromatic nitrogens is 2. The molecule has 29 heavy (non-hydrogen) atoms. The summed E-state index contributed by atoms with van der Waals surface area (Å²) in [5.41, 5.74) is 2.91. The predicted molar refractivity (Wildman–Crippen MR) is 107 cm³/mol. The van der Waals surface area contributed by atoms with Crippen molar-refractivity contribution in [1.82, 2.24) is 15.0 Å². The first-order valence-corrected chi connectivity index (χ1v) is 9.47. The number of aryl methyl sites for hydroxylation is 1. The molecule has 0 N–H and O–H groups in total. The topological polar surface area (TPSA) is 77.7 Å². The zero-order valence-electron chi connectivity index (χ0n) is 16.7. The molecule has 1 aromatic heterocycles. The molecule has 0 aliphatic carbocycles. The molecule has 2 aromatic carbocycles. The van der Waals surface area contributed by atoms with E-state index in [4.69, 9.17) is 14.0 Å². The summed E-state index contributed by atoms with van der Waals surface area (Å²) >= 11 is 0. The molecule has 3 aromatic rings. The fraction of sp³-hybridized carbons (Fsp3) is 0.318. The summed E-state index contributed by atoms with van der Waals surface area (Å²) in [7, 11) is 3.23. The summed E-state index contributed by atoms with van der Waals surface area (Å²) < 4.78 is 16.2. The molecule has 0 saturated carbocycles. The van der Waals surface area contributed by atoms with Crippen LogP contribution in [-0.4, -0.2) is 41.7 Å². The van der Waals surface area contributed by atoms with E-state index < -0.39 is 0 Å². The Labute approximate surface area is 169 Å². The molecule has 2 heterocycles. The lowest BCUT2D eigenvalue weighted by Gasteiger charge is -2.18. The highest BCUT2D eigenvalue weighted by atomic mass is 16.5. The van der Waals surface area contributed by atoms with Gasteiger partial charge in [-0.3, -0.25) is 4.79 Å². The molecule has 1 saturated heterocycles. The van der Waals surface area contributed by atoms with Crippen LogP contribution in [0.4, 0.5) is 0 Å². The lowest BCUT2D eigenvalue weighted by atomic mass is 10.1. The fourth-order valence-corrected chi connectivity index (χ4v) is 3.64. The SMILES string of the molecule is COc1ccc(OC)c(CN2CC(c3nc(-c4ccccc4C)no3)CC2=O)c1. The van der Waals surface area contributed by atoms with Crippen molar-refractivity contribution in [3.05, 3.63) is 59.5 Å². The number of methoxy groups -OCH3 is 2. The number of amides is 1. The van der Waals surface area contributed by atoms with Gasteiger partial charge in [0, 0.05) is 30.6 Å². The number of carbonyl (C=O) groups excluding carboxylic acids is 1. The van der Waals surface area contributed by atoms with Gasteiger partial charge in [-0.25, -0.2) is 0 Å². The molecule has 1 atom stereocenters. The zero-order valence-corrected chi connectivity index (χ0v) is 16.7. The highest BCUT2D eigenvalue weighted by molar-refractivity contribution is 5.79. The number of hydrogen-bond acceptors (Lipinski definition) is 6. The molecule has 1 amide bonds. The number of hydrogen-bond donors (Lipinski definition) is 0. The monoisotopic (exact) mass is 393 g/mol. The summed E-state index contributed by atoms with van der Waals surface area (Å²) in [6.45, 7) is 2.97. The third-order valence-corrected chi connectivity index (χ3v) is 5.24. The minimum atomic E-state index is -0.121. The van der Waals surface area contributed by atoms with E-state index in [2.05, 4.69) is 10.1 Å². The van der Waals surface area contributed by atoms with Gasteiger partial charge in [-0.15, -0.1) is 0 Å². The number of nitrogens with zero attached hydrogens (tertiary/aromatic N) is 3. The molecular formula is C22H23N3O4. The Balaban J connectivity index is 1.51. The quantitative estimate of drug-likeness (QED) is 0.637. The van der Waals surface area contributed by atoms with Gasteiger partial charge in [-0.05, 0) is 30.7 Å². The van der Waals surface area contributed by atoms with E-state index in [1.165, 1.54) is 0 Å². The first-order valence-electron chi connectivity index (χ1n) is 9.47. The van der Waals surface area contributed by atoms with Crippen LogP contribution in [0.1, 0.15) is 29.4 Å². The van der Waals surface area contributed by atoms with E-state index in [0.29, 0.717) is 31.2 Å². The molecule has 4 rings (SSSR count). The van der Waals surface area contributed by atoms with Crippen LogP contribution >= 0.6 is 0 Å². The van der Waals surface area contributed by atoms with Gasteiger partial charge in [-0.2, -0.15) is 4.98 Å². The third kappa shape index (κ3) is 3.81. The number of carbonyl (C=O) groups is 1. The molecule has 1 unspecified atom stereocenters. The molecule has 7 heteroatoms. The Morgan fingerprint density at radius 1 is 1.17 bits per heavy atom. The van der Waals surface area contributed by atoms with Gasteiger partial charge in [0.25, 0.3) is 0 Å². The van der Waals surface area contributed by atoms with Crippen molar-refractivity contribution in [1.29, 1.82) is 0 Å². The maximum absolute atomic E-state index is 12.6. The lowest BCUT2D eigenvalue weighted by Crippen LogP contribution is -2.24. The lowest BCUT2D eigenvalue weighted by molar-refractivity contribution is -0.128. The Morgan fingerprint density at radius 2 is 2.00 bits per heavy atom. The second-order valence-electron chi connectivity index (χ2n) is 7.12. The molecule has 7 nitrogen and oxygen atoms in total. The van der Waals surface area contributed by atoms with Crippen molar-refractivity contribution >= 4 is 5.91 Å². The van der Waals surface area contributed by atoms with Crippen LogP contribution in [0.25, 0.3) is 11.4 Å². The second-order valence-corrected chi connectivity index (χ2v) is 7.12. The molecule has 1 aliphatic rings. The Kier molecular flexibility index (Phi) is 5.20. The minimum Gasteiger partial charge on any atom is -0.497 e. The minimum absolute atomic E-state index is 0.0514. The van der Waals surface area contributed by atoms with Gasteiger partial charge in [0.1, 0.15) is 11.5 Å². The van der Waals surface area contributed by atoms with Crippen molar-refractivity contribution in [3.63, 3.8) is 0 Å². The Bertz CT molecular complexity index is 1030. The normalized spacial score (nSPS) is 16.3. The highest BCUT2D eigenvalue weighted by Gasteiger charge is 2.34. The average molecular weight is 393 g/mol. The van der Waals surface area contributed by atoms with Crippen LogP contribution in [0.3, 0.4) is 0 Å². The predicted octanol–water partition coefficient (Wildman–Crippen LogP) is 3.58. The number of benzene rings is 2. The maximum atomic E-state index is 12.6. The standard InChI is InChI=1S/C22H23N3O4/c1-14-6-4-5-7-18(14)21-23-22(29-24-21)16-11-20(26)25(13-16)12-15-10-17(27-2)8-9-19(15)28-3/h4-10,16H,11-13H2,1-3H3. The summed E-state index contributed by atoms with van der Waals surface area (Å²) in [5, 5.41) is 4.12. The second kappa shape index (κ2) is 7.95. The Morgan fingerprint density at radius 3 is 2.76 bits per heavy atom. The van der Waals surface area contributed by atoms with Crippen molar-refractivity contribution in [3.8, 4) is 22.9 Å². The van der Waals surface area contributed by atoms with E-state index >= 15 is 0 Å². The number of rotatable bonds is 6. The maximum Gasteiger partial charge on any atom is 0.232 e. The van der Waals surface area contributed by atoms with Crippen LogP contribution in [0, 0.1) is 6.92 Å². The molecule has 1 aliphatic heterocycles. The summed E-state index contributed by atoms with van der Waals surface area (Å²) in [6.07, 6.45) is 0.349. The molecular weight excluding hydrogens is 370 g/mol. The molecule has 0 radical (unpaired) electrons. The van der Waals surface area contributed by atoms with E-state index in [9.17, 15) is 4.79 Å². The van der Waals surface area contributed by atoms with Crippen LogP contribution < -0.4 is 9.47 Å². The van der Waals surface area contributed by atoms with Crippen LogP contribution in [0.2, 0.25) is 0 Å². The van der Waals surface area contributed by atoms with Gasteiger partial charge in [0.15, 0.2) is 0 Å². The van der Waals surface area contributed by atoms with Gasteiger partial charge >= 0.3 is 0 Å². The van der Waals surface area contributed by atoms with E-state index in [1.807, 2.05) is 49.4 Å². The van der Waals surface area contributed by atoms with Crippen LogP contribution in [0.5, 0.6) is 11.5 Å². The van der Waals surface area contributed by atoms with E-state index in [1.54, 1.807) is 19.1 Å². The molecule has 1 fully saturated rings.